The monoisotopic (exact) mass is 393 g/mol. The molecule has 0 aromatic heterocycles. The molecule has 3 rings (SSSR count). The molecule has 0 saturated carbocycles. The molecule has 0 bridgehead atoms. The van der Waals surface area contributed by atoms with Crippen LogP contribution in [0.2, 0.25) is 0 Å². The number of nitrogens with zero attached hydrogens (tertiary/aromatic N) is 3. The number of sulfonamides is 1. The van der Waals surface area contributed by atoms with Crippen molar-refractivity contribution in [3.05, 3.63) is 29.3 Å². The Kier molecular flexibility index (Phi) is 5.20. The average Bonchev–Trinajstić information content (AvgIpc) is 2.95. The van der Waals surface area contributed by atoms with Crippen molar-refractivity contribution in [1.82, 2.24) is 9.80 Å². The van der Waals surface area contributed by atoms with Gasteiger partial charge in [-0.3, -0.25) is 13.9 Å². The van der Waals surface area contributed by atoms with Gasteiger partial charge in [0.2, 0.25) is 15.9 Å². The Labute approximate surface area is 161 Å². The number of rotatable bonds is 3. The molecule has 1 fully saturated rings. The van der Waals surface area contributed by atoms with Gasteiger partial charge in [0, 0.05) is 44.7 Å². The summed E-state index contributed by atoms with van der Waals surface area (Å²) in [7, 11) is -1.53. The summed E-state index contributed by atoms with van der Waals surface area (Å²) in [6.07, 6.45) is 3.35. The number of hydrogen-bond acceptors (Lipinski definition) is 4. The maximum Gasteiger partial charge on any atom is 0.253 e. The van der Waals surface area contributed by atoms with Crippen LogP contribution in [0, 0.1) is 0 Å². The van der Waals surface area contributed by atoms with Crippen LogP contribution < -0.4 is 4.31 Å². The fourth-order valence-corrected chi connectivity index (χ4v) is 5.40. The lowest BCUT2D eigenvalue weighted by Crippen LogP contribution is -2.46. The van der Waals surface area contributed by atoms with Gasteiger partial charge in [0.05, 0.1) is 11.9 Å². The van der Waals surface area contributed by atoms with Gasteiger partial charge in [-0.15, -0.1) is 0 Å². The van der Waals surface area contributed by atoms with Gasteiger partial charge in [-0.05, 0) is 49.9 Å². The van der Waals surface area contributed by atoms with E-state index in [2.05, 4.69) is 0 Å². The van der Waals surface area contributed by atoms with Crippen LogP contribution in [0.15, 0.2) is 18.2 Å². The van der Waals surface area contributed by atoms with Gasteiger partial charge in [-0.2, -0.15) is 0 Å². The molecule has 1 saturated heterocycles. The number of carbonyl (C=O) groups is 2. The highest BCUT2D eigenvalue weighted by Gasteiger charge is 2.33. The van der Waals surface area contributed by atoms with Crippen LogP contribution in [0.25, 0.3) is 0 Å². The van der Waals surface area contributed by atoms with Gasteiger partial charge < -0.3 is 9.80 Å². The largest absolute Gasteiger partial charge is 0.343 e. The molecular formula is C19H27N3O4S. The Morgan fingerprint density at radius 2 is 1.81 bits per heavy atom. The zero-order valence-electron chi connectivity index (χ0n) is 16.3. The van der Waals surface area contributed by atoms with E-state index in [-0.39, 0.29) is 23.9 Å². The third kappa shape index (κ3) is 3.81. The van der Waals surface area contributed by atoms with Gasteiger partial charge >= 0.3 is 0 Å². The molecule has 0 aliphatic carbocycles. The lowest BCUT2D eigenvalue weighted by molar-refractivity contribution is -0.130. The van der Waals surface area contributed by atoms with Crippen LogP contribution in [0.1, 0.15) is 42.6 Å². The normalized spacial score (nSPS) is 20.5. The number of fused-ring (bicyclic) bond motifs is 1. The number of amides is 2. The number of hydrogen-bond donors (Lipinski definition) is 0. The second-order valence-corrected chi connectivity index (χ2v) is 9.47. The first-order valence-electron chi connectivity index (χ1n) is 9.24. The maximum absolute atomic E-state index is 12.9. The van der Waals surface area contributed by atoms with Crippen molar-refractivity contribution in [2.24, 2.45) is 0 Å². The van der Waals surface area contributed by atoms with Crippen molar-refractivity contribution >= 4 is 27.5 Å². The van der Waals surface area contributed by atoms with E-state index < -0.39 is 10.0 Å². The molecule has 1 aromatic rings. The molecule has 27 heavy (non-hydrogen) atoms. The minimum Gasteiger partial charge on any atom is -0.343 e. The third-order valence-electron chi connectivity index (χ3n) is 5.63. The Hall–Kier alpha value is -2.09. The van der Waals surface area contributed by atoms with Crippen molar-refractivity contribution in [1.29, 1.82) is 0 Å². The summed E-state index contributed by atoms with van der Waals surface area (Å²) in [6, 6.07) is 5.32. The standard InChI is InChI=1S/C19H27N3O4S/c1-13-11-16-12-15(5-6-18(16)22(13)27(4,25)26)19(24)21-9-7-17(8-10-21)20(3)14(2)23/h5-6,12-13,17H,7-11H2,1-4H3. The summed E-state index contributed by atoms with van der Waals surface area (Å²) in [5.41, 5.74) is 2.16. The molecule has 7 nitrogen and oxygen atoms in total. The number of likely N-dealkylation sites (tertiary alicyclic amines) is 1. The molecule has 2 amide bonds. The second-order valence-electron chi connectivity index (χ2n) is 7.61. The molecule has 8 heteroatoms. The molecule has 1 unspecified atom stereocenters. The second kappa shape index (κ2) is 7.14. The smallest absolute Gasteiger partial charge is 0.253 e. The van der Waals surface area contributed by atoms with E-state index in [1.54, 1.807) is 31.0 Å². The molecule has 2 aliphatic rings. The third-order valence-corrected chi connectivity index (χ3v) is 6.90. The van der Waals surface area contributed by atoms with Gasteiger partial charge in [0.15, 0.2) is 0 Å². The van der Waals surface area contributed by atoms with E-state index in [4.69, 9.17) is 0 Å². The number of carbonyl (C=O) groups excluding carboxylic acids is 2. The van der Waals surface area contributed by atoms with Gasteiger partial charge in [-0.1, -0.05) is 0 Å². The first-order valence-corrected chi connectivity index (χ1v) is 11.1. The van der Waals surface area contributed by atoms with E-state index in [1.807, 2.05) is 17.9 Å². The topological polar surface area (TPSA) is 78.0 Å². The summed E-state index contributed by atoms with van der Waals surface area (Å²) < 4.78 is 25.5. The summed E-state index contributed by atoms with van der Waals surface area (Å²) >= 11 is 0. The Bertz CT molecular complexity index is 860. The molecule has 2 heterocycles. The van der Waals surface area contributed by atoms with Gasteiger partial charge in [0.25, 0.3) is 5.91 Å². The number of piperidine rings is 1. The van der Waals surface area contributed by atoms with Crippen molar-refractivity contribution in [3.63, 3.8) is 0 Å². The van der Waals surface area contributed by atoms with Crippen LogP contribution in [-0.4, -0.2) is 68.5 Å². The van der Waals surface area contributed by atoms with E-state index in [9.17, 15) is 18.0 Å². The van der Waals surface area contributed by atoms with Crippen LogP contribution >= 0.6 is 0 Å². The SMILES string of the molecule is CC(=O)N(C)C1CCN(C(=O)c2ccc3c(c2)CC(C)N3S(C)(=O)=O)CC1. The average molecular weight is 394 g/mol. The minimum absolute atomic E-state index is 0.0350. The fraction of sp³-hybridized carbons (Fsp3) is 0.579. The van der Waals surface area contributed by atoms with Crippen LogP contribution in [-0.2, 0) is 21.2 Å². The molecule has 0 N–H and O–H groups in total. The van der Waals surface area contributed by atoms with Gasteiger partial charge in [0.1, 0.15) is 0 Å². The van der Waals surface area contributed by atoms with E-state index in [0.717, 1.165) is 18.4 Å². The molecule has 1 atom stereocenters. The quantitative estimate of drug-likeness (QED) is 0.779. The molecule has 148 valence electrons. The van der Waals surface area contributed by atoms with E-state index >= 15 is 0 Å². The van der Waals surface area contributed by atoms with E-state index in [0.29, 0.717) is 30.8 Å². The maximum atomic E-state index is 12.9. The first kappa shape index (κ1) is 19.7. The highest BCUT2D eigenvalue weighted by molar-refractivity contribution is 7.92. The van der Waals surface area contributed by atoms with Crippen LogP contribution in [0.3, 0.4) is 0 Å². The zero-order chi connectivity index (χ0) is 19.9. The lowest BCUT2D eigenvalue weighted by atomic mass is 10.0. The van der Waals surface area contributed by atoms with Crippen molar-refractivity contribution < 1.29 is 18.0 Å². The summed E-state index contributed by atoms with van der Waals surface area (Å²) in [5.74, 6) is 0.00939. The fourth-order valence-electron chi connectivity index (χ4n) is 4.14. The molecule has 1 aromatic carbocycles. The number of benzene rings is 1. The molecule has 2 aliphatic heterocycles. The van der Waals surface area contributed by atoms with Crippen molar-refractivity contribution in [3.8, 4) is 0 Å². The highest BCUT2D eigenvalue weighted by atomic mass is 32.2. The van der Waals surface area contributed by atoms with Gasteiger partial charge in [-0.25, -0.2) is 8.42 Å². The predicted molar refractivity (Wildman–Crippen MR) is 104 cm³/mol. The molecular weight excluding hydrogens is 366 g/mol. The summed E-state index contributed by atoms with van der Waals surface area (Å²) in [4.78, 5) is 28.0. The Morgan fingerprint density at radius 3 is 2.37 bits per heavy atom. The van der Waals surface area contributed by atoms with E-state index in [1.165, 1.54) is 10.6 Å². The molecule has 0 spiro atoms. The van der Waals surface area contributed by atoms with Crippen LogP contribution in [0.5, 0.6) is 0 Å². The predicted octanol–water partition coefficient (Wildman–Crippen LogP) is 1.48. The van der Waals surface area contributed by atoms with Crippen molar-refractivity contribution in [2.75, 3.05) is 30.7 Å². The Morgan fingerprint density at radius 1 is 1.19 bits per heavy atom. The lowest BCUT2D eigenvalue weighted by Gasteiger charge is -2.36. The molecule has 0 radical (unpaired) electrons. The number of anilines is 1. The first-order chi connectivity index (χ1) is 12.6. The Balaban J connectivity index is 1.73. The highest BCUT2D eigenvalue weighted by Crippen LogP contribution is 2.35. The van der Waals surface area contributed by atoms with Crippen LogP contribution in [0.4, 0.5) is 5.69 Å². The zero-order valence-corrected chi connectivity index (χ0v) is 17.1. The van der Waals surface area contributed by atoms with Crippen molar-refractivity contribution in [2.45, 2.75) is 45.2 Å². The summed E-state index contributed by atoms with van der Waals surface area (Å²) in [5, 5.41) is 0. The minimum atomic E-state index is -3.33. The summed E-state index contributed by atoms with van der Waals surface area (Å²) in [6.45, 7) is 4.66.